The van der Waals surface area contributed by atoms with Crippen LogP contribution in [0, 0.1) is 11.8 Å². The van der Waals surface area contributed by atoms with E-state index in [0.717, 1.165) is 19.4 Å². The SMILES string of the molecule is CC1OC(C)C(C(=O)N2CCCCC2CCl)C1C. The molecule has 3 nitrogen and oxygen atoms in total. The Bertz CT molecular complexity index is 310. The van der Waals surface area contributed by atoms with Crippen LogP contribution in [0.2, 0.25) is 0 Å². The van der Waals surface area contributed by atoms with E-state index in [0.29, 0.717) is 11.8 Å². The number of halogens is 1. The Morgan fingerprint density at radius 1 is 1.28 bits per heavy atom. The van der Waals surface area contributed by atoms with E-state index in [2.05, 4.69) is 13.8 Å². The minimum absolute atomic E-state index is 0.00353. The van der Waals surface area contributed by atoms with Gasteiger partial charge in [-0.05, 0) is 39.0 Å². The smallest absolute Gasteiger partial charge is 0.228 e. The zero-order valence-corrected chi connectivity index (χ0v) is 12.3. The Kier molecular flexibility index (Phi) is 4.54. The number of piperidine rings is 1. The quantitative estimate of drug-likeness (QED) is 0.724. The molecule has 0 aromatic rings. The minimum atomic E-state index is 0.00353. The molecule has 18 heavy (non-hydrogen) atoms. The lowest BCUT2D eigenvalue weighted by Crippen LogP contribution is -2.49. The molecule has 0 aromatic heterocycles. The number of hydrogen-bond acceptors (Lipinski definition) is 2. The lowest BCUT2D eigenvalue weighted by atomic mass is 9.87. The summed E-state index contributed by atoms with van der Waals surface area (Å²) in [5, 5.41) is 0. The van der Waals surface area contributed by atoms with Crippen LogP contribution in [0.1, 0.15) is 40.0 Å². The second-order valence-electron chi connectivity index (χ2n) is 5.77. The van der Waals surface area contributed by atoms with Gasteiger partial charge >= 0.3 is 0 Å². The highest BCUT2D eigenvalue weighted by Gasteiger charge is 2.44. The van der Waals surface area contributed by atoms with Gasteiger partial charge in [0.15, 0.2) is 0 Å². The fraction of sp³-hybridized carbons (Fsp3) is 0.929. The molecular weight excluding hydrogens is 250 g/mol. The van der Waals surface area contributed by atoms with Crippen LogP contribution in [0.25, 0.3) is 0 Å². The van der Waals surface area contributed by atoms with Crippen molar-refractivity contribution >= 4 is 17.5 Å². The molecule has 5 atom stereocenters. The van der Waals surface area contributed by atoms with E-state index in [1.807, 2.05) is 11.8 Å². The summed E-state index contributed by atoms with van der Waals surface area (Å²) in [6.45, 7) is 7.06. The van der Waals surface area contributed by atoms with Crippen LogP contribution in [0.15, 0.2) is 0 Å². The summed E-state index contributed by atoms with van der Waals surface area (Å²) in [4.78, 5) is 14.7. The van der Waals surface area contributed by atoms with Crippen molar-refractivity contribution in [3.05, 3.63) is 0 Å². The monoisotopic (exact) mass is 273 g/mol. The number of likely N-dealkylation sites (tertiary alicyclic amines) is 1. The van der Waals surface area contributed by atoms with Crippen LogP contribution >= 0.6 is 11.6 Å². The molecule has 0 N–H and O–H groups in total. The maximum absolute atomic E-state index is 12.7. The van der Waals surface area contributed by atoms with Crippen LogP contribution in [0.4, 0.5) is 0 Å². The second-order valence-corrected chi connectivity index (χ2v) is 6.08. The zero-order valence-electron chi connectivity index (χ0n) is 11.6. The molecule has 2 saturated heterocycles. The van der Waals surface area contributed by atoms with Crippen molar-refractivity contribution in [2.75, 3.05) is 12.4 Å². The number of carbonyl (C=O) groups excluding carboxylic acids is 1. The van der Waals surface area contributed by atoms with Crippen molar-refractivity contribution in [2.45, 2.75) is 58.3 Å². The van der Waals surface area contributed by atoms with Crippen LogP contribution in [0.5, 0.6) is 0 Å². The van der Waals surface area contributed by atoms with Crippen molar-refractivity contribution in [3.8, 4) is 0 Å². The highest BCUT2D eigenvalue weighted by Crippen LogP contribution is 2.35. The van der Waals surface area contributed by atoms with Crippen molar-refractivity contribution in [2.24, 2.45) is 11.8 Å². The normalized spacial score (nSPS) is 41.1. The minimum Gasteiger partial charge on any atom is -0.374 e. The van der Waals surface area contributed by atoms with E-state index in [4.69, 9.17) is 16.3 Å². The molecule has 104 valence electrons. The van der Waals surface area contributed by atoms with Gasteiger partial charge in [-0.25, -0.2) is 0 Å². The first kappa shape index (κ1) is 14.1. The maximum Gasteiger partial charge on any atom is 0.228 e. The molecule has 2 aliphatic rings. The van der Waals surface area contributed by atoms with E-state index < -0.39 is 0 Å². The number of carbonyl (C=O) groups is 1. The Morgan fingerprint density at radius 3 is 2.56 bits per heavy atom. The van der Waals surface area contributed by atoms with E-state index in [1.54, 1.807) is 0 Å². The molecule has 1 amide bonds. The molecular formula is C14H24ClNO2. The number of hydrogen-bond donors (Lipinski definition) is 0. The van der Waals surface area contributed by atoms with Crippen LogP contribution in [0.3, 0.4) is 0 Å². The van der Waals surface area contributed by atoms with Crippen molar-refractivity contribution in [1.29, 1.82) is 0 Å². The average Bonchev–Trinajstić information content (AvgIpc) is 2.62. The number of nitrogens with zero attached hydrogens (tertiary/aromatic N) is 1. The van der Waals surface area contributed by atoms with Gasteiger partial charge in [0.1, 0.15) is 0 Å². The largest absolute Gasteiger partial charge is 0.374 e. The standard InChI is InChI=1S/C14H24ClNO2/c1-9-10(2)18-11(3)13(9)14(17)16-7-5-4-6-12(16)8-15/h9-13H,4-8H2,1-3H3. The number of amides is 1. The van der Waals surface area contributed by atoms with Crippen molar-refractivity contribution in [1.82, 2.24) is 4.90 Å². The van der Waals surface area contributed by atoms with Gasteiger partial charge in [-0.15, -0.1) is 11.6 Å². The van der Waals surface area contributed by atoms with Crippen LogP contribution in [-0.2, 0) is 9.53 Å². The summed E-state index contributed by atoms with van der Waals surface area (Å²) in [5.41, 5.74) is 0. The first-order valence-corrected chi connectivity index (χ1v) is 7.61. The predicted molar refractivity (Wildman–Crippen MR) is 72.7 cm³/mol. The van der Waals surface area contributed by atoms with Gasteiger partial charge in [-0.1, -0.05) is 6.92 Å². The molecule has 0 aromatic carbocycles. The number of rotatable bonds is 2. The first-order valence-electron chi connectivity index (χ1n) is 7.08. The molecule has 5 unspecified atom stereocenters. The Labute approximate surface area is 115 Å². The van der Waals surface area contributed by atoms with Gasteiger partial charge in [0.2, 0.25) is 5.91 Å². The second kappa shape index (κ2) is 5.79. The zero-order chi connectivity index (χ0) is 13.3. The fourth-order valence-electron chi connectivity index (χ4n) is 3.33. The van der Waals surface area contributed by atoms with Gasteiger partial charge in [-0.2, -0.15) is 0 Å². The lowest BCUT2D eigenvalue weighted by Gasteiger charge is -2.37. The highest BCUT2D eigenvalue weighted by atomic mass is 35.5. The maximum atomic E-state index is 12.7. The molecule has 2 aliphatic heterocycles. The molecule has 0 spiro atoms. The van der Waals surface area contributed by atoms with Gasteiger partial charge in [0.05, 0.1) is 18.1 Å². The first-order chi connectivity index (χ1) is 8.56. The summed E-state index contributed by atoms with van der Waals surface area (Å²) in [7, 11) is 0. The van der Waals surface area contributed by atoms with E-state index in [-0.39, 0.29) is 30.1 Å². The Balaban J connectivity index is 2.10. The summed E-state index contributed by atoms with van der Waals surface area (Å²) in [6, 6.07) is 0.225. The summed E-state index contributed by atoms with van der Waals surface area (Å²) >= 11 is 6.00. The highest BCUT2D eigenvalue weighted by molar-refractivity contribution is 6.18. The molecule has 0 saturated carbocycles. The van der Waals surface area contributed by atoms with Gasteiger partial charge in [-0.3, -0.25) is 4.79 Å². The molecule has 2 rings (SSSR count). The molecule has 4 heteroatoms. The molecule has 2 fully saturated rings. The third kappa shape index (κ3) is 2.53. The Morgan fingerprint density at radius 2 is 2.00 bits per heavy atom. The van der Waals surface area contributed by atoms with E-state index in [9.17, 15) is 4.79 Å². The van der Waals surface area contributed by atoms with E-state index in [1.165, 1.54) is 6.42 Å². The summed E-state index contributed by atoms with van der Waals surface area (Å²) < 4.78 is 5.79. The number of ether oxygens (including phenoxy) is 1. The van der Waals surface area contributed by atoms with Gasteiger partial charge in [0.25, 0.3) is 0 Å². The summed E-state index contributed by atoms with van der Waals surface area (Å²) in [6.07, 6.45) is 3.53. The van der Waals surface area contributed by atoms with Crippen LogP contribution < -0.4 is 0 Å². The Hall–Kier alpha value is -0.280. The molecule has 0 bridgehead atoms. The third-order valence-corrected chi connectivity index (χ3v) is 4.97. The van der Waals surface area contributed by atoms with E-state index >= 15 is 0 Å². The van der Waals surface area contributed by atoms with Crippen LogP contribution in [-0.4, -0.2) is 41.5 Å². The van der Waals surface area contributed by atoms with Gasteiger partial charge in [0, 0.05) is 18.5 Å². The molecule has 2 heterocycles. The third-order valence-electron chi connectivity index (χ3n) is 4.62. The summed E-state index contributed by atoms with van der Waals surface area (Å²) in [5.74, 6) is 1.11. The van der Waals surface area contributed by atoms with Crippen molar-refractivity contribution in [3.63, 3.8) is 0 Å². The predicted octanol–water partition coefficient (Wildman–Crippen LogP) is 2.67. The average molecular weight is 274 g/mol. The lowest BCUT2D eigenvalue weighted by molar-refractivity contribution is -0.141. The van der Waals surface area contributed by atoms with Crippen molar-refractivity contribution < 1.29 is 9.53 Å². The number of alkyl halides is 1. The fourth-order valence-corrected chi connectivity index (χ4v) is 3.66. The van der Waals surface area contributed by atoms with Gasteiger partial charge < -0.3 is 9.64 Å². The molecule has 0 aliphatic carbocycles. The topological polar surface area (TPSA) is 29.5 Å². The molecule has 0 radical (unpaired) electrons.